The molecule has 2 heterocycles. The first-order valence-electron chi connectivity index (χ1n) is 10.9. The molecule has 2 aliphatic heterocycles. The molecule has 0 atom stereocenters. The number of aromatic hydroxyl groups is 1. The molecule has 178 valence electrons. The van der Waals surface area contributed by atoms with E-state index in [-0.39, 0.29) is 28.9 Å². The highest BCUT2D eigenvalue weighted by atomic mass is 79.9. The van der Waals surface area contributed by atoms with Gasteiger partial charge in [-0.05, 0) is 54.6 Å². The zero-order chi connectivity index (χ0) is 24.2. The summed E-state index contributed by atoms with van der Waals surface area (Å²) in [4.78, 5) is 43.4. The molecule has 1 N–H and O–H groups in total. The van der Waals surface area contributed by atoms with Crippen LogP contribution in [0.2, 0.25) is 0 Å². The van der Waals surface area contributed by atoms with Crippen molar-refractivity contribution >= 4 is 56.5 Å². The lowest BCUT2D eigenvalue weighted by Gasteiger charge is -2.36. The predicted octanol–water partition coefficient (Wildman–Crippen LogP) is 3.94. The maximum Gasteiger partial charge on any atom is 0.294 e. The van der Waals surface area contributed by atoms with Gasteiger partial charge in [-0.1, -0.05) is 34.1 Å². The number of piperazine rings is 1. The summed E-state index contributed by atoms with van der Waals surface area (Å²) in [5, 5.41) is 9.51. The fourth-order valence-electron chi connectivity index (χ4n) is 3.81. The number of halogens is 1. The van der Waals surface area contributed by atoms with Crippen molar-refractivity contribution < 1.29 is 24.2 Å². The number of hydrogen-bond donors (Lipinski definition) is 1. The van der Waals surface area contributed by atoms with Gasteiger partial charge in [-0.15, -0.1) is 0 Å². The van der Waals surface area contributed by atoms with Crippen LogP contribution in [0.3, 0.4) is 0 Å². The number of anilines is 1. The van der Waals surface area contributed by atoms with Crippen molar-refractivity contribution in [3.63, 3.8) is 0 Å². The first kappa shape index (κ1) is 24.2. The summed E-state index contributed by atoms with van der Waals surface area (Å²) in [6.07, 6.45) is 1.56. The van der Waals surface area contributed by atoms with E-state index in [1.54, 1.807) is 24.0 Å². The van der Waals surface area contributed by atoms with Crippen LogP contribution in [0.25, 0.3) is 6.08 Å². The minimum atomic E-state index is -0.510. The average Bonchev–Trinajstić information content (AvgIpc) is 3.10. The van der Waals surface area contributed by atoms with Crippen LogP contribution >= 0.6 is 27.7 Å². The lowest BCUT2D eigenvalue weighted by Crippen LogP contribution is -2.51. The Morgan fingerprint density at radius 1 is 1.15 bits per heavy atom. The predicted molar refractivity (Wildman–Crippen MR) is 135 cm³/mol. The summed E-state index contributed by atoms with van der Waals surface area (Å²) in [6.45, 7) is 4.32. The standard InChI is InChI=1S/C24H24BrN3O5S/c1-2-33-20-12-16(18(25)14-19(20)29)13-21-23(31)28(24(32)34-21)15-22(30)27-10-8-26(9-11-27)17-6-4-3-5-7-17/h3-7,12-14,29H,2,8-11,15H2,1H3/b21-13+. The third-order valence-electron chi connectivity index (χ3n) is 5.59. The molecule has 0 bridgehead atoms. The van der Waals surface area contributed by atoms with E-state index >= 15 is 0 Å². The Balaban J connectivity index is 1.41. The highest BCUT2D eigenvalue weighted by Crippen LogP contribution is 2.37. The second kappa shape index (κ2) is 10.5. The monoisotopic (exact) mass is 545 g/mol. The maximum absolute atomic E-state index is 12.9. The number of benzene rings is 2. The fourth-order valence-corrected chi connectivity index (χ4v) is 5.08. The lowest BCUT2D eigenvalue weighted by atomic mass is 10.2. The Hall–Kier alpha value is -2.98. The Labute approximate surface area is 210 Å². The van der Waals surface area contributed by atoms with E-state index in [9.17, 15) is 19.5 Å². The molecule has 10 heteroatoms. The second-order valence-electron chi connectivity index (χ2n) is 7.75. The number of amides is 3. The molecule has 3 amide bonds. The molecule has 2 aliphatic rings. The van der Waals surface area contributed by atoms with Gasteiger partial charge in [0, 0.05) is 36.3 Å². The minimum absolute atomic E-state index is 0.0306. The Kier molecular flexibility index (Phi) is 7.47. The molecule has 0 aromatic heterocycles. The van der Waals surface area contributed by atoms with E-state index in [2.05, 4.69) is 20.8 Å². The maximum atomic E-state index is 12.9. The minimum Gasteiger partial charge on any atom is -0.504 e. The van der Waals surface area contributed by atoms with E-state index in [1.807, 2.05) is 30.3 Å². The van der Waals surface area contributed by atoms with Crippen LogP contribution in [0.5, 0.6) is 11.5 Å². The highest BCUT2D eigenvalue weighted by molar-refractivity contribution is 9.10. The van der Waals surface area contributed by atoms with Gasteiger partial charge >= 0.3 is 0 Å². The van der Waals surface area contributed by atoms with E-state index in [1.165, 1.54) is 6.07 Å². The quantitative estimate of drug-likeness (QED) is 0.549. The van der Waals surface area contributed by atoms with Crippen molar-refractivity contribution in [1.29, 1.82) is 0 Å². The van der Waals surface area contributed by atoms with E-state index in [0.717, 1.165) is 22.3 Å². The number of ether oxygens (including phenoxy) is 1. The van der Waals surface area contributed by atoms with Crippen LogP contribution in [0.4, 0.5) is 10.5 Å². The summed E-state index contributed by atoms with van der Waals surface area (Å²) in [7, 11) is 0. The van der Waals surface area contributed by atoms with Crippen LogP contribution in [-0.4, -0.2) is 71.3 Å². The van der Waals surface area contributed by atoms with Gasteiger partial charge in [-0.25, -0.2) is 0 Å². The van der Waals surface area contributed by atoms with E-state index < -0.39 is 11.1 Å². The molecular formula is C24H24BrN3O5S. The Morgan fingerprint density at radius 3 is 2.53 bits per heavy atom. The molecule has 2 aromatic rings. The Morgan fingerprint density at radius 2 is 1.85 bits per heavy atom. The van der Waals surface area contributed by atoms with E-state index in [0.29, 0.717) is 42.8 Å². The number of carbonyl (C=O) groups is 3. The van der Waals surface area contributed by atoms with Crippen molar-refractivity contribution in [3.05, 3.63) is 57.4 Å². The Bertz CT molecular complexity index is 1130. The van der Waals surface area contributed by atoms with Gasteiger partial charge in [-0.3, -0.25) is 19.3 Å². The van der Waals surface area contributed by atoms with Gasteiger partial charge in [0.1, 0.15) is 6.54 Å². The molecule has 0 unspecified atom stereocenters. The summed E-state index contributed by atoms with van der Waals surface area (Å²) in [5.74, 6) is -0.511. The van der Waals surface area contributed by atoms with E-state index in [4.69, 9.17) is 4.74 Å². The second-order valence-corrected chi connectivity index (χ2v) is 9.59. The molecule has 0 radical (unpaired) electrons. The SMILES string of the molecule is CCOc1cc(/C=C2/SC(=O)N(CC(=O)N3CCN(c4ccccc4)CC3)C2=O)c(Br)cc1O. The van der Waals surface area contributed by atoms with Crippen molar-refractivity contribution in [2.24, 2.45) is 0 Å². The zero-order valence-electron chi connectivity index (χ0n) is 18.6. The first-order valence-corrected chi connectivity index (χ1v) is 12.5. The van der Waals surface area contributed by atoms with Gasteiger partial charge in [0.05, 0.1) is 11.5 Å². The summed E-state index contributed by atoms with van der Waals surface area (Å²) in [6, 6.07) is 13.1. The molecule has 2 aromatic carbocycles. The number of imide groups is 1. The molecule has 0 spiro atoms. The number of carbonyl (C=O) groups excluding carboxylic acids is 3. The first-order chi connectivity index (χ1) is 16.4. The summed E-state index contributed by atoms with van der Waals surface area (Å²) < 4.78 is 5.95. The van der Waals surface area contributed by atoms with Gasteiger partial charge < -0.3 is 19.6 Å². The topological polar surface area (TPSA) is 90.4 Å². The molecular weight excluding hydrogens is 522 g/mol. The number of thioether (sulfide) groups is 1. The van der Waals surface area contributed by atoms with Crippen molar-refractivity contribution in [1.82, 2.24) is 9.80 Å². The number of hydrogen-bond acceptors (Lipinski definition) is 7. The molecule has 0 aliphatic carbocycles. The molecule has 34 heavy (non-hydrogen) atoms. The molecule has 4 rings (SSSR count). The largest absolute Gasteiger partial charge is 0.504 e. The van der Waals surface area contributed by atoms with Crippen LogP contribution < -0.4 is 9.64 Å². The van der Waals surface area contributed by atoms with Crippen LogP contribution in [0, 0.1) is 0 Å². The van der Waals surface area contributed by atoms with Crippen LogP contribution in [0.15, 0.2) is 51.8 Å². The molecule has 0 saturated carbocycles. The van der Waals surface area contributed by atoms with Gasteiger partial charge in [0.15, 0.2) is 11.5 Å². The van der Waals surface area contributed by atoms with Crippen molar-refractivity contribution in [2.75, 3.05) is 44.2 Å². The smallest absolute Gasteiger partial charge is 0.294 e. The number of nitrogens with zero attached hydrogens (tertiary/aromatic N) is 3. The van der Waals surface area contributed by atoms with Gasteiger partial charge in [0.2, 0.25) is 5.91 Å². The number of para-hydroxylation sites is 1. The molecule has 2 saturated heterocycles. The molecule has 2 fully saturated rings. The number of phenols is 1. The van der Waals surface area contributed by atoms with Gasteiger partial charge in [-0.2, -0.15) is 0 Å². The van der Waals surface area contributed by atoms with Crippen molar-refractivity contribution in [3.8, 4) is 11.5 Å². The molecule has 8 nitrogen and oxygen atoms in total. The van der Waals surface area contributed by atoms with Crippen LogP contribution in [0.1, 0.15) is 12.5 Å². The summed E-state index contributed by atoms with van der Waals surface area (Å²) in [5.41, 5.74) is 1.69. The average molecular weight is 546 g/mol. The lowest BCUT2D eigenvalue weighted by molar-refractivity contribution is -0.136. The number of rotatable bonds is 6. The zero-order valence-corrected chi connectivity index (χ0v) is 21.0. The normalized spacial score (nSPS) is 17.6. The fraction of sp³-hybridized carbons (Fsp3) is 0.292. The van der Waals surface area contributed by atoms with Crippen LogP contribution in [-0.2, 0) is 9.59 Å². The summed E-state index contributed by atoms with van der Waals surface area (Å²) >= 11 is 4.15. The third kappa shape index (κ3) is 5.23. The number of phenolic OH excluding ortho intramolecular Hbond substituents is 1. The third-order valence-corrected chi connectivity index (χ3v) is 7.18. The van der Waals surface area contributed by atoms with Gasteiger partial charge in [0.25, 0.3) is 11.1 Å². The highest BCUT2D eigenvalue weighted by Gasteiger charge is 2.37. The van der Waals surface area contributed by atoms with Crippen molar-refractivity contribution in [2.45, 2.75) is 6.92 Å².